The van der Waals surface area contributed by atoms with E-state index in [9.17, 15) is 5.26 Å². The molecule has 0 saturated heterocycles. The number of aromatic nitrogens is 2. The van der Waals surface area contributed by atoms with Crippen molar-refractivity contribution in [1.29, 1.82) is 5.26 Å². The number of fused-ring (bicyclic) bond motifs is 1. The van der Waals surface area contributed by atoms with Crippen LogP contribution in [0.5, 0.6) is 0 Å². The molecule has 0 spiro atoms. The highest BCUT2D eigenvalue weighted by Crippen LogP contribution is 2.27. The molecule has 0 radical (unpaired) electrons. The maximum Gasteiger partial charge on any atom is 0.205 e. The van der Waals surface area contributed by atoms with Gasteiger partial charge in [-0.2, -0.15) is 5.26 Å². The standard InChI is InChI=1S/C14H9BrN4/c15-10-5-6-11-13(7-10)19(14(17)18-11)12-4-2-1-3-9(12)8-16/h1-7H,(H2,17,18). The summed E-state index contributed by atoms with van der Waals surface area (Å²) in [6.07, 6.45) is 0. The number of halogens is 1. The molecular weight excluding hydrogens is 304 g/mol. The molecule has 92 valence electrons. The van der Waals surface area contributed by atoms with Crippen molar-refractivity contribution in [3.8, 4) is 11.8 Å². The highest BCUT2D eigenvalue weighted by Gasteiger charge is 2.12. The second-order valence-electron chi connectivity index (χ2n) is 4.07. The number of nitrogens with two attached hydrogens (primary N) is 1. The SMILES string of the molecule is N#Cc1ccccc1-n1c(N)nc2ccc(Br)cc21. The average Bonchev–Trinajstić information content (AvgIpc) is 2.74. The predicted molar refractivity (Wildman–Crippen MR) is 77.9 cm³/mol. The summed E-state index contributed by atoms with van der Waals surface area (Å²) in [5.74, 6) is 0.371. The maximum atomic E-state index is 9.20. The van der Waals surface area contributed by atoms with Crippen molar-refractivity contribution in [3.05, 3.63) is 52.5 Å². The molecule has 2 N–H and O–H groups in total. The van der Waals surface area contributed by atoms with Crippen LogP contribution in [-0.2, 0) is 0 Å². The van der Waals surface area contributed by atoms with Crippen LogP contribution in [0.25, 0.3) is 16.7 Å². The summed E-state index contributed by atoms with van der Waals surface area (Å²) in [7, 11) is 0. The van der Waals surface area contributed by atoms with Gasteiger partial charge in [-0.05, 0) is 30.3 Å². The minimum absolute atomic E-state index is 0.371. The zero-order valence-electron chi connectivity index (χ0n) is 9.84. The van der Waals surface area contributed by atoms with E-state index in [0.29, 0.717) is 11.5 Å². The molecule has 19 heavy (non-hydrogen) atoms. The van der Waals surface area contributed by atoms with E-state index >= 15 is 0 Å². The average molecular weight is 313 g/mol. The highest BCUT2D eigenvalue weighted by molar-refractivity contribution is 9.10. The molecule has 0 bridgehead atoms. The van der Waals surface area contributed by atoms with Crippen molar-refractivity contribution in [3.63, 3.8) is 0 Å². The Bertz CT molecular complexity index is 814. The van der Waals surface area contributed by atoms with Crippen LogP contribution in [0.4, 0.5) is 5.95 Å². The molecule has 4 nitrogen and oxygen atoms in total. The summed E-state index contributed by atoms with van der Waals surface area (Å²) in [5, 5.41) is 9.20. The molecule has 0 fully saturated rings. The fourth-order valence-electron chi connectivity index (χ4n) is 2.08. The fourth-order valence-corrected chi connectivity index (χ4v) is 2.43. The van der Waals surface area contributed by atoms with Crippen molar-refractivity contribution in [2.24, 2.45) is 0 Å². The van der Waals surface area contributed by atoms with Crippen LogP contribution in [0.3, 0.4) is 0 Å². The maximum absolute atomic E-state index is 9.20. The van der Waals surface area contributed by atoms with Crippen LogP contribution in [0.1, 0.15) is 5.56 Å². The Labute approximate surface area is 118 Å². The number of hydrogen-bond donors (Lipinski definition) is 1. The number of para-hydroxylation sites is 1. The van der Waals surface area contributed by atoms with Crippen LogP contribution < -0.4 is 5.73 Å². The smallest absolute Gasteiger partial charge is 0.205 e. The lowest BCUT2D eigenvalue weighted by Crippen LogP contribution is -2.02. The third-order valence-electron chi connectivity index (χ3n) is 2.91. The number of nitrogens with zero attached hydrogens (tertiary/aromatic N) is 3. The second-order valence-corrected chi connectivity index (χ2v) is 4.98. The predicted octanol–water partition coefficient (Wildman–Crippen LogP) is 3.24. The Hall–Kier alpha value is -2.32. The third-order valence-corrected chi connectivity index (χ3v) is 3.40. The summed E-state index contributed by atoms with van der Waals surface area (Å²) in [6, 6.07) is 15.2. The summed E-state index contributed by atoms with van der Waals surface area (Å²) in [4.78, 5) is 4.32. The second kappa shape index (κ2) is 4.41. The Kier molecular flexibility index (Phi) is 2.73. The number of rotatable bonds is 1. The molecule has 5 heteroatoms. The van der Waals surface area contributed by atoms with Gasteiger partial charge in [0.05, 0.1) is 22.3 Å². The van der Waals surface area contributed by atoms with Gasteiger partial charge in [-0.1, -0.05) is 28.1 Å². The van der Waals surface area contributed by atoms with Crippen molar-refractivity contribution in [2.75, 3.05) is 5.73 Å². The summed E-state index contributed by atoms with van der Waals surface area (Å²) < 4.78 is 2.73. The van der Waals surface area contributed by atoms with E-state index in [1.165, 1.54) is 0 Å². The van der Waals surface area contributed by atoms with Gasteiger partial charge in [0.15, 0.2) is 0 Å². The molecule has 0 atom stereocenters. The number of hydrogen-bond acceptors (Lipinski definition) is 3. The van der Waals surface area contributed by atoms with E-state index < -0.39 is 0 Å². The van der Waals surface area contributed by atoms with Crippen LogP contribution in [0, 0.1) is 11.3 Å². The van der Waals surface area contributed by atoms with Gasteiger partial charge in [0.2, 0.25) is 5.95 Å². The van der Waals surface area contributed by atoms with E-state index in [2.05, 4.69) is 27.0 Å². The van der Waals surface area contributed by atoms with E-state index in [-0.39, 0.29) is 0 Å². The van der Waals surface area contributed by atoms with E-state index in [4.69, 9.17) is 5.73 Å². The van der Waals surface area contributed by atoms with Gasteiger partial charge in [0.25, 0.3) is 0 Å². The van der Waals surface area contributed by atoms with E-state index in [0.717, 1.165) is 21.2 Å². The fraction of sp³-hybridized carbons (Fsp3) is 0. The van der Waals surface area contributed by atoms with Crippen LogP contribution >= 0.6 is 15.9 Å². The number of imidazole rings is 1. The van der Waals surface area contributed by atoms with Crippen molar-refractivity contribution >= 4 is 32.9 Å². The molecule has 1 heterocycles. The first-order valence-corrected chi connectivity index (χ1v) is 6.43. The molecule has 2 aromatic carbocycles. The Morgan fingerprint density at radius 1 is 1.21 bits per heavy atom. The van der Waals surface area contributed by atoms with Gasteiger partial charge >= 0.3 is 0 Å². The number of benzene rings is 2. The van der Waals surface area contributed by atoms with E-state index in [1.807, 2.05) is 36.4 Å². The number of nitriles is 1. The Morgan fingerprint density at radius 3 is 2.79 bits per heavy atom. The van der Waals surface area contributed by atoms with Crippen molar-refractivity contribution < 1.29 is 0 Å². The molecule has 1 aromatic heterocycles. The normalized spacial score (nSPS) is 10.5. The molecule has 0 saturated carbocycles. The van der Waals surface area contributed by atoms with Gasteiger partial charge in [0, 0.05) is 4.47 Å². The Morgan fingerprint density at radius 2 is 2.00 bits per heavy atom. The van der Waals surface area contributed by atoms with Gasteiger partial charge in [0.1, 0.15) is 6.07 Å². The lowest BCUT2D eigenvalue weighted by Gasteiger charge is -2.08. The van der Waals surface area contributed by atoms with Crippen LogP contribution in [0.2, 0.25) is 0 Å². The van der Waals surface area contributed by atoms with Gasteiger partial charge in [-0.3, -0.25) is 4.57 Å². The molecule has 0 unspecified atom stereocenters. The summed E-state index contributed by atoms with van der Waals surface area (Å²) in [6.45, 7) is 0. The molecule has 0 amide bonds. The quantitative estimate of drug-likeness (QED) is 0.750. The Balaban J connectivity index is 2.39. The van der Waals surface area contributed by atoms with Gasteiger partial charge in [-0.15, -0.1) is 0 Å². The van der Waals surface area contributed by atoms with Crippen LogP contribution in [0.15, 0.2) is 46.9 Å². The first-order chi connectivity index (χ1) is 9.20. The van der Waals surface area contributed by atoms with Gasteiger partial charge in [-0.25, -0.2) is 4.98 Å². The van der Waals surface area contributed by atoms with Gasteiger partial charge < -0.3 is 5.73 Å². The molecule has 3 aromatic rings. The minimum Gasteiger partial charge on any atom is -0.369 e. The van der Waals surface area contributed by atoms with Crippen LogP contribution in [-0.4, -0.2) is 9.55 Å². The minimum atomic E-state index is 0.371. The lowest BCUT2D eigenvalue weighted by molar-refractivity contribution is 1.10. The zero-order chi connectivity index (χ0) is 13.4. The zero-order valence-corrected chi connectivity index (χ0v) is 11.4. The highest BCUT2D eigenvalue weighted by atomic mass is 79.9. The molecule has 3 rings (SSSR count). The van der Waals surface area contributed by atoms with Crippen molar-refractivity contribution in [1.82, 2.24) is 9.55 Å². The first kappa shape index (κ1) is 11.8. The molecule has 0 aliphatic carbocycles. The number of anilines is 1. The van der Waals surface area contributed by atoms with E-state index in [1.54, 1.807) is 10.6 Å². The summed E-state index contributed by atoms with van der Waals surface area (Å²) in [5.41, 5.74) is 8.96. The molecule has 0 aliphatic rings. The number of nitrogen functional groups attached to an aromatic ring is 1. The summed E-state index contributed by atoms with van der Waals surface area (Å²) >= 11 is 3.44. The first-order valence-electron chi connectivity index (χ1n) is 5.63. The van der Waals surface area contributed by atoms with Crippen molar-refractivity contribution in [2.45, 2.75) is 0 Å². The third kappa shape index (κ3) is 1.86. The lowest BCUT2D eigenvalue weighted by atomic mass is 10.2. The molecular formula is C14H9BrN4. The molecule has 0 aliphatic heterocycles. The topological polar surface area (TPSA) is 67.6 Å². The monoisotopic (exact) mass is 312 g/mol. The largest absolute Gasteiger partial charge is 0.369 e.